The molecule has 1 amide bonds. The van der Waals surface area contributed by atoms with E-state index in [0.717, 1.165) is 22.5 Å². The molecule has 8 nitrogen and oxygen atoms in total. The monoisotopic (exact) mass is 482 g/mol. The molecule has 0 saturated carbocycles. The van der Waals surface area contributed by atoms with Crippen LogP contribution in [0.25, 0.3) is 16.7 Å². The largest absolute Gasteiger partial charge is 0.497 e. The molecule has 0 radical (unpaired) electrons. The smallest absolute Gasteiger partial charge is 0.238 e. The van der Waals surface area contributed by atoms with Crippen molar-refractivity contribution in [1.29, 1.82) is 0 Å². The summed E-state index contributed by atoms with van der Waals surface area (Å²) in [5.74, 6) is 0.451. The van der Waals surface area contributed by atoms with Gasteiger partial charge >= 0.3 is 0 Å². The van der Waals surface area contributed by atoms with Crippen molar-refractivity contribution in [1.82, 2.24) is 9.55 Å². The van der Waals surface area contributed by atoms with Crippen LogP contribution in [0.5, 0.6) is 5.75 Å². The van der Waals surface area contributed by atoms with Crippen LogP contribution in [-0.4, -0.2) is 36.2 Å². The van der Waals surface area contributed by atoms with E-state index in [1.807, 2.05) is 53.1 Å². The maximum absolute atomic E-state index is 12.9. The Kier molecular flexibility index (Phi) is 6.41. The predicted octanol–water partition coefficient (Wildman–Crippen LogP) is 3.80. The zero-order valence-corrected chi connectivity index (χ0v) is 19.6. The first kappa shape index (κ1) is 22.8. The van der Waals surface area contributed by atoms with Gasteiger partial charge in [0.1, 0.15) is 5.75 Å². The van der Waals surface area contributed by atoms with E-state index in [4.69, 9.17) is 14.9 Å². The fraction of sp³-hybridized carbons (Fsp3) is 0.130. The first-order chi connectivity index (χ1) is 15.8. The standard InChI is InChI=1S/C23H22N4O4S2/c1-15(22(28)25-16-6-5-7-19(14-16)33(24,29)30)32-23-26-20-8-3-4-9-21(20)27(23)17-10-12-18(31-2)13-11-17/h3-15H,1-2H3,(H,25,28)(H2,24,29,30). The normalized spacial score (nSPS) is 12.5. The number of sulfonamides is 1. The number of para-hydroxylation sites is 2. The van der Waals surface area contributed by atoms with Gasteiger partial charge in [-0.1, -0.05) is 30.0 Å². The minimum Gasteiger partial charge on any atom is -0.497 e. The van der Waals surface area contributed by atoms with Crippen LogP contribution in [0.15, 0.2) is 82.8 Å². The summed E-state index contributed by atoms with van der Waals surface area (Å²) in [6.07, 6.45) is 0. The Labute approximate surface area is 195 Å². The van der Waals surface area contributed by atoms with Crippen molar-refractivity contribution in [2.75, 3.05) is 12.4 Å². The number of benzene rings is 3. The third-order valence-corrected chi connectivity index (χ3v) is 6.91. The molecular weight excluding hydrogens is 460 g/mol. The van der Waals surface area contributed by atoms with E-state index in [2.05, 4.69) is 5.32 Å². The summed E-state index contributed by atoms with van der Waals surface area (Å²) in [4.78, 5) is 17.5. The van der Waals surface area contributed by atoms with Crippen molar-refractivity contribution in [3.8, 4) is 11.4 Å². The average molecular weight is 483 g/mol. The third kappa shape index (κ3) is 5.03. The van der Waals surface area contributed by atoms with Gasteiger partial charge in [0.2, 0.25) is 15.9 Å². The molecule has 0 bridgehead atoms. The van der Waals surface area contributed by atoms with Crippen LogP contribution in [-0.2, 0) is 14.8 Å². The summed E-state index contributed by atoms with van der Waals surface area (Å²) >= 11 is 1.30. The van der Waals surface area contributed by atoms with Crippen molar-refractivity contribution in [3.63, 3.8) is 0 Å². The number of nitrogens with two attached hydrogens (primary N) is 1. The number of rotatable bonds is 7. The van der Waals surface area contributed by atoms with E-state index in [-0.39, 0.29) is 10.8 Å². The van der Waals surface area contributed by atoms with Crippen LogP contribution in [0.1, 0.15) is 6.92 Å². The maximum atomic E-state index is 12.9. The van der Waals surface area contributed by atoms with Gasteiger partial charge < -0.3 is 10.1 Å². The third-order valence-electron chi connectivity index (χ3n) is 4.94. The Morgan fingerprint density at radius 2 is 1.82 bits per heavy atom. The second-order valence-electron chi connectivity index (χ2n) is 7.24. The number of ether oxygens (including phenoxy) is 1. The molecule has 1 heterocycles. The number of primary sulfonamides is 1. The van der Waals surface area contributed by atoms with Gasteiger partial charge in [-0.3, -0.25) is 9.36 Å². The number of methoxy groups -OCH3 is 1. The van der Waals surface area contributed by atoms with Crippen LogP contribution in [0, 0.1) is 0 Å². The number of hydrogen-bond donors (Lipinski definition) is 2. The van der Waals surface area contributed by atoms with Crippen molar-refractivity contribution in [2.24, 2.45) is 5.14 Å². The average Bonchev–Trinajstić information content (AvgIpc) is 3.16. The Morgan fingerprint density at radius 3 is 2.52 bits per heavy atom. The van der Waals surface area contributed by atoms with Crippen molar-refractivity contribution in [3.05, 3.63) is 72.8 Å². The number of carbonyl (C=O) groups is 1. The molecule has 0 aliphatic carbocycles. The number of anilines is 1. The van der Waals surface area contributed by atoms with Crippen molar-refractivity contribution in [2.45, 2.75) is 22.2 Å². The number of thioether (sulfide) groups is 1. The van der Waals surface area contributed by atoms with Gasteiger partial charge in [0.15, 0.2) is 5.16 Å². The SMILES string of the molecule is COc1ccc(-n2c(SC(C)C(=O)Nc3cccc(S(N)(=O)=O)c3)nc3ccccc32)cc1. The Morgan fingerprint density at radius 1 is 1.09 bits per heavy atom. The predicted molar refractivity (Wildman–Crippen MR) is 129 cm³/mol. The fourth-order valence-corrected chi connectivity index (χ4v) is 4.77. The number of nitrogens with zero attached hydrogens (tertiary/aromatic N) is 2. The minimum atomic E-state index is -3.86. The highest BCUT2D eigenvalue weighted by Gasteiger charge is 2.21. The van der Waals surface area contributed by atoms with Gasteiger partial charge in [-0.15, -0.1) is 0 Å². The van der Waals surface area contributed by atoms with Crippen molar-refractivity contribution < 1.29 is 17.9 Å². The summed E-state index contributed by atoms with van der Waals surface area (Å²) in [6, 6.07) is 21.2. The molecule has 1 aromatic heterocycles. The second-order valence-corrected chi connectivity index (χ2v) is 10.1. The van der Waals surface area contributed by atoms with Gasteiger partial charge in [0, 0.05) is 11.4 Å². The van der Waals surface area contributed by atoms with Gasteiger partial charge in [0.25, 0.3) is 0 Å². The lowest BCUT2D eigenvalue weighted by molar-refractivity contribution is -0.115. The van der Waals surface area contributed by atoms with Crippen molar-refractivity contribution >= 4 is 44.4 Å². The van der Waals surface area contributed by atoms with Gasteiger partial charge in [-0.2, -0.15) is 0 Å². The number of amides is 1. The summed E-state index contributed by atoms with van der Waals surface area (Å²) in [7, 11) is -2.25. The number of carbonyl (C=O) groups excluding carboxylic acids is 1. The summed E-state index contributed by atoms with van der Waals surface area (Å²) in [5.41, 5.74) is 2.96. The van der Waals surface area contributed by atoms with E-state index < -0.39 is 15.3 Å². The first-order valence-electron chi connectivity index (χ1n) is 9.98. The Bertz CT molecular complexity index is 1420. The maximum Gasteiger partial charge on any atom is 0.238 e. The lowest BCUT2D eigenvalue weighted by Gasteiger charge is -2.14. The van der Waals surface area contributed by atoms with E-state index >= 15 is 0 Å². The summed E-state index contributed by atoms with van der Waals surface area (Å²) in [5, 5.41) is 8.07. The molecule has 3 N–H and O–H groups in total. The molecule has 4 rings (SSSR count). The molecule has 1 unspecified atom stereocenters. The summed E-state index contributed by atoms with van der Waals surface area (Å²) < 4.78 is 30.4. The number of fused-ring (bicyclic) bond motifs is 1. The zero-order valence-electron chi connectivity index (χ0n) is 17.9. The summed E-state index contributed by atoms with van der Waals surface area (Å²) in [6.45, 7) is 1.77. The van der Waals surface area contributed by atoms with E-state index in [0.29, 0.717) is 10.8 Å². The molecule has 170 valence electrons. The fourth-order valence-electron chi connectivity index (χ4n) is 3.27. The van der Waals surface area contributed by atoms with Crippen LogP contribution < -0.4 is 15.2 Å². The molecule has 33 heavy (non-hydrogen) atoms. The molecule has 10 heteroatoms. The highest BCUT2D eigenvalue weighted by atomic mass is 32.2. The molecule has 0 aliphatic heterocycles. The lowest BCUT2D eigenvalue weighted by atomic mass is 10.2. The molecule has 3 aromatic carbocycles. The van der Waals surface area contributed by atoms with E-state index in [1.54, 1.807) is 20.1 Å². The number of imidazole rings is 1. The molecule has 0 fully saturated rings. The van der Waals surface area contributed by atoms with Gasteiger partial charge in [0.05, 0.1) is 28.3 Å². The highest BCUT2D eigenvalue weighted by molar-refractivity contribution is 8.00. The van der Waals surface area contributed by atoms with E-state index in [9.17, 15) is 13.2 Å². The number of aromatic nitrogens is 2. The lowest BCUT2D eigenvalue weighted by Crippen LogP contribution is -2.23. The first-order valence-corrected chi connectivity index (χ1v) is 12.4. The zero-order chi connectivity index (χ0) is 23.6. The van der Waals surface area contributed by atoms with Crippen LogP contribution in [0.4, 0.5) is 5.69 Å². The molecule has 4 aromatic rings. The second kappa shape index (κ2) is 9.26. The minimum absolute atomic E-state index is 0.0677. The van der Waals surface area contributed by atoms with Crippen LogP contribution >= 0.6 is 11.8 Å². The van der Waals surface area contributed by atoms with Gasteiger partial charge in [-0.25, -0.2) is 18.5 Å². The highest BCUT2D eigenvalue weighted by Crippen LogP contribution is 2.31. The number of hydrogen-bond acceptors (Lipinski definition) is 6. The molecule has 0 spiro atoms. The van der Waals surface area contributed by atoms with E-state index in [1.165, 1.54) is 30.0 Å². The van der Waals surface area contributed by atoms with Gasteiger partial charge in [-0.05, 0) is 61.5 Å². The topological polar surface area (TPSA) is 116 Å². The number of nitrogens with one attached hydrogen (secondary N) is 1. The molecule has 0 saturated heterocycles. The van der Waals surface area contributed by atoms with Crippen LogP contribution in [0.3, 0.4) is 0 Å². The quantitative estimate of drug-likeness (QED) is 0.387. The Balaban J connectivity index is 1.61. The Hall–Kier alpha value is -3.34. The molecular formula is C23H22N4O4S2. The van der Waals surface area contributed by atoms with Crippen LogP contribution in [0.2, 0.25) is 0 Å². The molecule has 0 aliphatic rings. The molecule has 1 atom stereocenters.